The van der Waals surface area contributed by atoms with E-state index in [1.165, 1.54) is 4.31 Å². The second-order valence-corrected chi connectivity index (χ2v) is 13.5. The molecule has 236 valence electrons. The van der Waals surface area contributed by atoms with Gasteiger partial charge in [-0.2, -0.15) is 0 Å². The van der Waals surface area contributed by atoms with Gasteiger partial charge in [-0.25, -0.2) is 8.42 Å². The van der Waals surface area contributed by atoms with Crippen molar-refractivity contribution in [1.82, 2.24) is 10.2 Å². The molecule has 2 atom stereocenters. The van der Waals surface area contributed by atoms with Crippen LogP contribution in [0.4, 0.5) is 5.69 Å². The molecular formula is C32H37Cl2N3O6S. The maximum atomic E-state index is 14.0. The van der Waals surface area contributed by atoms with Gasteiger partial charge >= 0.3 is 0 Å². The molecule has 2 amide bonds. The lowest BCUT2D eigenvalue weighted by Gasteiger charge is -2.33. The molecule has 44 heavy (non-hydrogen) atoms. The van der Waals surface area contributed by atoms with E-state index in [1.54, 1.807) is 41.3 Å². The maximum Gasteiger partial charge on any atom is 0.243 e. The van der Waals surface area contributed by atoms with Crippen LogP contribution in [0.3, 0.4) is 0 Å². The van der Waals surface area contributed by atoms with Crippen LogP contribution in [0.15, 0.2) is 66.7 Å². The third-order valence-corrected chi connectivity index (χ3v) is 9.34. The lowest BCUT2D eigenvalue weighted by Crippen LogP contribution is -2.52. The monoisotopic (exact) mass is 661 g/mol. The summed E-state index contributed by atoms with van der Waals surface area (Å²) in [7, 11) is -3.68. The SMILES string of the molecule is CC[C@@H](C)NC(=O)[C@H](Cc1ccccc1)N(Cc1ccc(Cl)c(Cl)c1)C(=O)CCCN(c1ccc2c(c1)OCO2)S(C)(=O)=O. The molecule has 0 saturated carbocycles. The van der Waals surface area contributed by atoms with Gasteiger partial charge in [-0.1, -0.05) is 66.5 Å². The molecule has 0 unspecified atom stereocenters. The first kappa shape index (κ1) is 33.4. The molecule has 4 rings (SSSR count). The predicted molar refractivity (Wildman–Crippen MR) is 173 cm³/mol. The number of amides is 2. The van der Waals surface area contributed by atoms with E-state index in [9.17, 15) is 18.0 Å². The van der Waals surface area contributed by atoms with E-state index >= 15 is 0 Å². The van der Waals surface area contributed by atoms with Crippen LogP contribution in [0, 0.1) is 0 Å². The van der Waals surface area contributed by atoms with E-state index in [-0.39, 0.29) is 50.6 Å². The average molecular weight is 663 g/mol. The van der Waals surface area contributed by atoms with Crippen LogP contribution in [0.1, 0.15) is 44.2 Å². The zero-order chi connectivity index (χ0) is 31.9. The van der Waals surface area contributed by atoms with Gasteiger partial charge in [-0.3, -0.25) is 13.9 Å². The molecule has 1 aliphatic rings. The molecule has 9 nitrogen and oxygen atoms in total. The van der Waals surface area contributed by atoms with Gasteiger partial charge in [0.25, 0.3) is 0 Å². The van der Waals surface area contributed by atoms with Crippen molar-refractivity contribution >= 4 is 50.7 Å². The predicted octanol–water partition coefficient (Wildman–Crippen LogP) is 5.82. The summed E-state index contributed by atoms with van der Waals surface area (Å²) in [6, 6.07) is 18.6. The van der Waals surface area contributed by atoms with Gasteiger partial charge in [0.05, 0.1) is 22.0 Å². The summed E-state index contributed by atoms with van der Waals surface area (Å²) in [5, 5.41) is 3.76. The normalized spacial score (nSPS) is 13.7. The van der Waals surface area contributed by atoms with Gasteiger partial charge in [-0.05, 0) is 55.2 Å². The summed E-state index contributed by atoms with van der Waals surface area (Å²) in [5.41, 5.74) is 2.02. The average Bonchev–Trinajstić information content (AvgIpc) is 3.46. The highest BCUT2D eigenvalue weighted by atomic mass is 35.5. The Balaban J connectivity index is 1.60. The zero-order valence-electron chi connectivity index (χ0n) is 25.0. The van der Waals surface area contributed by atoms with Crippen molar-refractivity contribution in [3.63, 3.8) is 0 Å². The first-order chi connectivity index (χ1) is 21.0. The molecule has 0 aliphatic carbocycles. The lowest BCUT2D eigenvalue weighted by molar-refractivity contribution is -0.141. The summed E-state index contributed by atoms with van der Waals surface area (Å²) >= 11 is 12.4. The molecule has 1 N–H and O–H groups in total. The molecule has 3 aromatic rings. The number of hydrogen-bond acceptors (Lipinski definition) is 6. The number of benzene rings is 3. The number of carbonyl (C=O) groups excluding carboxylic acids is 2. The fourth-order valence-corrected chi connectivity index (χ4v) is 6.15. The Morgan fingerprint density at radius 3 is 2.36 bits per heavy atom. The minimum absolute atomic E-state index is 0.000204. The van der Waals surface area contributed by atoms with E-state index in [4.69, 9.17) is 32.7 Å². The minimum Gasteiger partial charge on any atom is -0.454 e. The highest BCUT2D eigenvalue weighted by Crippen LogP contribution is 2.36. The van der Waals surface area contributed by atoms with E-state index in [2.05, 4.69) is 5.32 Å². The number of hydrogen-bond donors (Lipinski definition) is 1. The standard InChI is InChI=1S/C32H37Cl2N3O6S/c1-4-22(2)35-32(39)28(18-23-9-6-5-7-10-23)36(20-24-12-14-26(33)27(34)17-24)31(38)11-8-16-37(44(3,40)41)25-13-15-29-30(19-25)43-21-42-29/h5-7,9-10,12-15,17,19,22,28H,4,8,11,16,18,20-21H2,1-3H3,(H,35,39)/t22-,28+/m1/s1. The van der Waals surface area contributed by atoms with Crippen LogP contribution in [-0.4, -0.2) is 56.8 Å². The fourth-order valence-electron chi connectivity index (χ4n) is 4.87. The molecule has 0 bridgehead atoms. The molecule has 12 heteroatoms. The molecule has 1 heterocycles. The molecule has 0 fully saturated rings. The fraction of sp³-hybridized carbons (Fsp3) is 0.375. The van der Waals surface area contributed by atoms with Crippen LogP contribution in [0.25, 0.3) is 0 Å². The number of carbonyl (C=O) groups is 2. The number of anilines is 1. The van der Waals surface area contributed by atoms with Crippen molar-refractivity contribution in [2.75, 3.05) is 23.9 Å². The van der Waals surface area contributed by atoms with Crippen LogP contribution in [0.2, 0.25) is 10.0 Å². The number of sulfonamides is 1. The van der Waals surface area contributed by atoms with E-state index < -0.39 is 16.1 Å². The van der Waals surface area contributed by atoms with E-state index in [0.29, 0.717) is 39.2 Å². The maximum absolute atomic E-state index is 14.0. The van der Waals surface area contributed by atoms with Crippen LogP contribution in [-0.2, 0) is 32.6 Å². The molecule has 0 spiro atoms. The summed E-state index contributed by atoms with van der Waals surface area (Å²) in [6.07, 6.45) is 2.35. The number of fused-ring (bicyclic) bond motifs is 1. The van der Waals surface area contributed by atoms with Crippen LogP contribution < -0.4 is 19.1 Å². The Morgan fingerprint density at radius 2 is 1.68 bits per heavy atom. The highest BCUT2D eigenvalue weighted by Gasteiger charge is 2.31. The van der Waals surface area contributed by atoms with Crippen molar-refractivity contribution < 1.29 is 27.5 Å². The Hall–Kier alpha value is -3.47. The molecule has 3 aromatic carbocycles. The number of nitrogens with zero attached hydrogens (tertiary/aromatic N) is 2. The number of rotatable bonds is 14. The van der Waals surface area contributed by atoms with Gasteiger partial charge in [0.2, 0.25) is 28.6 Å². The molecule has 1 aliphatic heterocycles. The Bertz CT molecular complexity index is 1570. The summed E-state index contributed by atoms with van der Waals surface area (Å²) in [6.45, 7) is 4.11. The molecule has 0 aromatic heterocycles. The highest BCUT2D eigenvalue weighted by molar-refractivity contribution is 7.92. The first-order valence-electron chi connectivity index (χ1n) is 14.4. The Labute approximate surface area is 269 Å². The Morgan fingerprint density at radius 1 is 0.955 bits per heavy atom. The first-order valence-corrected chi connectivity index (χ1v) is 17.0. The van der Waals surface area contributed by atoms with Crippen molar-refractivity contribution in [3.8, 4) is 11.5 Å². The van der Waals surface area contributed by atoms with Gasteiger partial charge < -0.3 is 19.7 Å². The second kappa shape index (κ2) is 15.0. The number of halogens is 2. The van der Waals surface area contributed by atoms with Gasteiger partial charge in [-0.15, -0.1) is 0 Å². The number of nitrogens with one attached hydrogen (secondary N) is 1. The van der Waals surface area contributed by atoms with Crippen molar-refractivity contribution in [2.24, 2.45) is 0 Å². The van der Waals surface area contributed by atoms with E-state index in [0.717, 1.165) is 18.2 Å². The van der Waals surface area contributed by atoms with Crippen LogP contribution in [0.5, 0.6) is 11.5 Å². The zero-order valence-corrected chi connectivity index (χ0v) is 27.3. The third-order valence-electron chi connectivity index (χ3n) is 7.41. The van der Waals surface area contributed by atoms with Gasteiger partial charge in [0.1, 0.15) is 6.04 Å². The minimum atomic E-state index is -3.68. The second-order valence-electron chi connectivity index (χ2n) is 10.8. The Kier molecular flexibility index (Phi) is 11.4. The van der Waals surface area contributed by atoms with Gasteiger partial charge in [0.15, 0.2) is 11.5 Å². The summed E-state index contributed by atoms with van der Waals surface area (Å²) < 4.78 is 37.5. The molecular weight excluding hydrogens is 625 g/mol. The topological polar surface area (TPSA) is 105 Å². The van der Waals surface area contributed by atoms with Crippen molar-refractivity contribution in [3.05, 3.63) is 87.9 Å². The smallest absolute Gasteiger partial charge is 0.243 e. The summed E-state index contributed by atoms with van der Waals surface area (Å²) in [5.74, 6) is 0.428. The van der Waals surface area contributed by atoms with Gasteiger partial charge in [0, 0.05) is 38.0 Å². The van der Waals surface area contributed by atoms with Crippen molar-refractivity contribution in [1.29, 1.82) is 0 Å². The summed E-state index contributed by atoms with van der Waals surface area (Å²) in [4.78, 5) is 29.2. The molecule has 0 saturated heterocycles. The van der Waals surface area contributed by atoms with E-state index in [1.807, 2.05) is 44.2 Å². The quantitative estimate of drug-likeness (QED) is 0.233. The third kappa shape index (κ3) is 8.80. The lowest BCUT2D eigenvalue weighted by atomic mass is 10.0. The number of ether oxygens (including phenoxy) is 2. The largest absolute Gasteiger partial charge is 0.454 e. The molecule has 0 radical (unpaired) electrons. The van der Waals surface area contributed by atoms with Crippen LogP contribution >= 0.6 is 23.2 Å². The van der Waals surface area contributed by atoms with Crippen molar-refractivity contribution in [2.45, 2.75) is 58.2 Å².